The number of halogens is 1. The first-order chi connectivity index (χ1) is 19.1. The minimum Gasteiger partial charge on any atom is -0.493 e. The maximum absolute atomic E-state index is 14.5. The lowest BCUT2D eigenvalue weighted by molar-refractivity contribution is 0.0981. The van der Waals surface area contributed by atoms with Gasteiger partial charge in [-0.25, -0.2) is 19.1 Å². The van der Waals surface area contributed by atoms with Crippen molar-refractivity contribution in [1.29, 1.82) is 0 Å². The molecule has 0 bridgehead atoms. The summed E-state index contributed by atoms with van der Waals surface area (Å²) < 4.78 is 53.5. The third-order valence-electron chi connectivity index (χ3n) is 6.34. The number of anilines is 2. The maximum Gasteiger partial charge on any atom is 0.281 e. The second kappa shape index (κ2) is 12.6. The number of benzene rings is 1. The summed E-state index contributed by atoms with van der Waals surface area (Å²) in [6.07, 6.45) is 1.78. The fraction of sp³-hybridized carbons (Fsp3) is 0.393. The van der Waals surface area contributed by atoms with Crippen LogP contribution in [0, 0.1) is 17.7 Å². The number of methoxy groups -OCH3 is 1. The number of carbonyl (C=O) groups excluding carboxylic acids is 1. The number of rotatable bonds is 10. The smallest absolute Gasteiger partial charge is 0.281 e. The van der Waals surface area contributed by atoms with E-state index >= 15 is 0 Å². The van der Waals surface area contributed by atoms with E-state index in [1.807, 2.05) is 18.7 Å². The van der Waals surface area contributed by atoms with Crippen LogP contribution >= 0.6 is 0 Å². The zero-order valence-electron chi connectivity index (χ0n) is 22.8. The summed E-state index contributed by atoms with van der Waals surface area (Å²) in [6, 6.07) is 11.5. The first kappa shape index (κ1) is 29.2. The molecule has 0 spiro atoms. The van der Waals surface area contributed by atoms with E-state index in [2.05, 4.69) is 9.71 Å². The molecular weight excluding hydrogens is 537 g/mol. The number of carbonyl (C=O) groups is 1. The number of hydrogen-bond acceptors (Lipinski definition) is 9. The summed E-state index contributed by atoms with van der Waals surface area (Å²) >= 11 is 0. The number of amides is 1. The predicted octanol–water partition coefficient (Wildman–Crippen LogP) is 3.88. The Balaban J connectivity index is 1.72. The topological polar surface area (TPSA) is 137 Å². The Morgan fingerprint density at radius 2 is 2.00 bits per heavy atom. The van der Waals surface area contributed by atoms with Crippen molar-refractivity contribution in [3.63, 3.8) is 0 Å². The number of sulfonamides is 1. The van der Waals surface area contributed by atoms with Crippen molar-refractivity contribution in [3.8, 4) is 17.0 Å². The molecule has 1 atom stereocenters. The van der Waals surface area contributed by atoms with Gasteiger partial charge in [0.1, 0.15) is 23.2 Å². The molecule has 0 saturated carbocycles. The first-order valence-corrected chi connectivity index (χ1v) is 14.5. The van der Waals surface area contributed by atoms with E-state index in [1.54, 1.807) is 19.2 Å². The molecule has 1 aromatic carbocycles. The quantitative estimate of drug-likeness (QED) is 0.371. The number of ether oxygens (including phenoxy) is 2. The van der Waals surface area contributed by atoms with Crippen LogP contribution in [0.4, 0.5) is 16.0 Å². The monoisotopic (exact) mass is 571 g/mol. The Morgan fingerprint density at radius 1 is 1.20 bits per heavy atom. The Kier molecular flexibility index (Phi) is 9.21. The highest BCUT2D eigenvalue weighted by Crippen LogP contribution is 2.31. The number of aromatic nitrogens is 2. The molecule has 1 aliphatic heterocycles. The van der Waals surface area contributed by atoms with E-state index in [9.17, 15) is 17.6 Å². The average molecular weight is 572 g/mol. The Bertz CT molecular complexity index is 1470. The molecule has 3 aromatic rings. The van der Waals surface area contributed by atoms with Crippen LogP contribution in [-0.4, -0.2) is 57.7 Å². The summed E-state index contributed by atoms with van der Waals surface area (Å²) in [5.74, 6) is -0.232. The lowest BCUT2D eigenvalue weighted by atomic mass is 9.98. The van der Waals surface area contributed by atoms with Gasteiger partial charge in [0.25, 0.3) is 15.9 Å². The highest BCUT2D eigenvalue weighted by atomic mass is 32.2. The SMILES string of the molecule is COCC1CCCN(c2nc(-c3cc(F)cc(OCC(C)C)c3)ccc2C(=O)NS(=O)(=O)c2cccc(N)n2)C1. The van der Waals surface area contributed by atoms with Crippen molar-refractivity contribution in [2.75, 3.05) is 44.0 Å². The molecule has 1 amide bonds. The average Bonchev–Trinajstić information content (AvgIpc) is 2.91. The van der Waals surface area contributed by atoms with E-state index in [-0.39, 0.29) is 28.2 Å². The standard InChI is InChI=1S/C28H34FN5O5S/c1-18(2)16-39-22-13-20(12-21(29)14-22)24-10-9-23(27(31-24)34-11-5-6-19(15-34)17-38-3)28(35)33-40(36,37)26-8-4-7-25(30)32-26/h4,7-10,12-14,18-19H,5-6,11,15-17H2,1-3H3,(H2,30,32)(H,33,35). The van der Waals surface area contributed by atoms with Crippen LogP contribution in [-0.2, 0) is 14.8 Å². The third kappa shape index (κ3) is 7.24. The molecule has 4 rings (SSSR count). The van der Waals surface area contributed by atoms with Gasteiger partial charge in [0, 0.05) is 31.8 Å². The Morgan fingerprint density at radius 3 is 2.73 bits per heavy atom. The van der Waals surface area contributed by atoms with Crippen molar-refractivity contribution < 1.29 is 27.1 Å². The second-order valence-electron chi connectivity index (χ2n) is 10.2. The van der Waals surface area contributed by atoms with E-state index in [0.717, 1.165) is 12.8 Å². The zero-order valence-corrected chi connectivity index (χ0v) is 23.6. The number of nitrogens with zero attached hydrogens (tertiary/aromatic N) is 3. The molecule has 1 saturated heterocycles. The first-order valence-electron chi connectivity index (χ1n) is 13.0. The van der Waals surface area contributed by atoms with Gasteiger partial charge in [-0.05, 0) is 61.1 Å². The maximum atomic E-state index is 14.5. The summed E-state index contributed by atoms with van der Waals surface area (Å²) in [4.78, 5) is 23.9. The largest absolute Gasteiger partial charge is 0.493 e. The summed E-state index contributed by atoms with van der Waals surface area (Å²) in [6.45, 7) is 6.11. The Hall–Kier alpha value is -3.77. The van der Waals surface area contributed by atoms with Crippen LogP contribution in [0.1, 0.15) is 37.0 Å². The fourth-order valence-corrected chi connectivity index (χ4v) is 5.47. The van der Waals surface area contributed by atoms with Crippen molar-refractivity contribution in [3.05, 3.63) is 59.9 Å². The molecule has 10 nitrogen and oxygen atoms in total. The molecule has 0 radical (unpaired) electrons. The van der Waals surface area contributed by atoms with Gasteiger partial charge in [-0.1, -0.05) is 19.9 Å². The van der Waals surface area contributed by atoms with Gasteiger partial charge in [-0.15, -0.1) is 0 Å². The number of hydrogen-bond donors (Lipinski definition) is 2. The minimum atomic E-state index is -4.31. The Labute approximate surface area is 233 Å². The van der Waals surface area contributed by atoms with Gasteiger partial charge in [-0.3, -0.25) is 4.79 Å². The normalized spacial score (nSPS) is 15.7. The molecule has 0 aliphatic carbocycles. The van der Waals surface area contributed by atoms with Gasteiger partial charge in [-0.2, -0.15) is 8.42 Å². The van der Waals surface area contributed by atoms with Crippen LogP contribution in [0.25, 0.3) is 11.3 Å². The van der Waals surface area contributed by atoms with Gasteiger partial charge >= 0.3 is 0 Å². The van der Waals surface area contributed by atoms with Crippen molar-refractivity contribution >= 4 is 27.6 Å². The van der Waals surface area contributed by atoms with Crippen molar-refractivity contribution in [2.45, 2.75) is 31.7 Å². The fourth-order valence-electron chi connectivity index (χ4n) is 4.52. The number of pyridine rings is 2. The highest BCUT2D eigenvalue weighted by Gasteiger charge is 2.28. The number of nitrogens with one attached hydrogen (secondary N) is 1. The molecule has 3 heterocycles. The molecular formula is C28H34FN5O5S. The molecule has 40 heavy (non-hydrogen) atoms. The van der Waals surface area contributed by atoms with Crippen molar-refractivity contribution in [2.24, 2.45) is 11.8 Å². The van der Waals surface area contributed by atoms with E-state index in [1.165, 1.54) is 36.4 Å². The number of nitrogen functional groups attached to an aromatic ring is 1. The van der Waals surface area contributed by atoms with Crippen molar-refractivity contribution in [1.82, 2.24) is 14.7 Å². The molecule has 1 aliphatic rings. The van der Waals surface area contributed by atoms with Crippen LogP contribution in [0.2, 0.25) is 0 Å². The van der Waals surface area contributed by atoms with E-state index in [0.29, 0.717) is 49.1 Å². The summed E-state index contributed by atoms with van der Waals surface area (Å²) in [7, 11) is -2.67. The molecule has 214 valence electrons. The third-order valence-corrected chi connectivity index (χ3v) is 7.57. The minimum absolute atomic E-state index is 0.00590. The molecule has 1 unspecified atom stereocenters. The van der Waals surface area contributed by atoms with Gasteiger partial charge in [0.15, 0.2) is 5.03 Å². The predicted molar refractivity (Wildman–Crippen MR) is 150 cm³/mol. The summed E-state index contributed by atoms with van der Waals surface area (Å²) in [5.41, 5.74) is 6.57. The molecule has 3 N–H and O–H groups in total. The van der Waals surface area contributed by atoms with E-state index in [4.69, 9.17) is 20.2 Å². The highest BCUT2D eigenvalue weighted by molar-refractivity contribution is 7.90. The van der Waals surface area contributed by atoms with Crippen LogP contribution in [0.5, 0.6) is 5.75 Å². The number of piperidine rings is 1. The molecule has 2 aromatic heterocycles. The van der Waals surface area contributed by atoms with Gasteiger partial charge in [0.2, 0.25) is 0 Å². The van der Waals surface area contributed by atoms with Gasteiger partial charge < -0.3 is 20.1 Å². The molecule has 12 heteroatoms. The van der Waals surface area contributed by atoms with Gasteiger partial charge in [0.05, 0.1) is 24.5 Å². The van der Waals surface area contributed by atoms with E-state index < -0.39 is 21.7 Å². The zero-order chi connectivity index (χ0) is 28.9. The van der Waals surface area contributed by atoms with Crippen LogP contribution in [0.15, 0.2) is 53.6 Å². The van der Waals surface area contributed by atoms with Crippen LogP contribution in [0.3, 0.4) is 0 Å². The number of nitrogens with two attached hydrogens (primary N) is 1. The second-order valence-corrected chi connectivity index (χ2v) is 11.8. The lowest BCUT2D eigenvalue weighted by Gasteiger charge is -2.34. The summed E-state index contributed by atoms with van der Waals surface area (Å²) in [5, 5.41) is -0.376. The van der Waals surface area contributed by atoms with Crippen LogP contribution < -0.4 is 20.1 Å². The lowest BCUT2D eigenvalue weighted by Crippen LogP contribution is -2.40. The molecule has 1 fully saturated rings.